The first-order chi connectivity index (χ1) is 23.6. The third-order valence-corrected chi connectivity index (χ3v) is 8.23. The van der Waals surface area contributed by atoms with Gasteiger partial charge in [0.25, 0.3) is 5.91 Å². The van der Waals surface area contributed by atoms with Gasteiger partial charge >= 0.3 is 6.09 Å². The van der Waals surface area contributed by atoms with Crippen molar-refractivity contribution < 1.29 is 29.6 Å². The second-order valence-corrected chi connectivity index (χ2v) is 11.5. The number of fused-ring (bicyclic) bond motifs is 1. The van der Waals surface area contributed by atoms with Gasteiger partial charge in [-0.2, -0.15) is 5.10 Å². The first-order valence-electron chi connectivity index (χ1n) is 16.0. The molecule has 3 aromatic carbocycles. The molecule has 5 rings (SSSR count). The van der Waals surface area contributed by atoms with E-state index in [2.05, 4.69) is 20.7 Å². The maximum Gasteiger partial charge on any atom is 0.405 e. The van der Waals surface area contributed by atoms with E-state index in [1.54, 1.807) is 53.0 Å². The van der Waals surface area contributed by atoms with Crippen LogP contribution in [0.1, 0.15) is 58.4 Å². The van der Waals surface area contributed by atoms with Gasteiger partial charge in [-0.05, 0) is 66.9 Å². The minimum atomic E-state index is -1.14. The van der Waals surface area contributed by atoms with Gasteiger partial charge in [0.2, 0.25) is 5.56 Å². The van der Waals surface area contributed by atoms with Crippen LogP contribution in [0.3, 0.4) is 0 Å². The van der Waals surface area contributed by atoms with E-state index >= 15 is 0 Å². The molecule has 2 heterocycles. The number of nitrogens with zero attached hydrogens (tertiary/aromatic N) is 3. The predicted molar refractivity (Wildman–Crippen MR) is 184 cm³/mol. The number of aromatic hydroxyl groups is 1. The number of hydrogen-bond donors (Lipinski definition) is 6. The molecule has 0 saturated carbocycles. The lowest BCUT2D eigenvalue weighted by Crippen LogP contribution is -2.34. The maximum absolute atomic E-state index is 13.3. The van der Waals surface area contributed by atoms with E-state index in [0.29, 0.717) is 54.1 Å². The van der Waals surface area contributed by atoms with Crippen molar-refractivity contribution in [2.45, 2.75) is 32.1 Å². The molecule has 5 aromatic rings. The second kappa shape index (κ2) is 16.0. The van der Waals surface area contributed by atoms with Crippen LogP contribution >= 0.6 is 0 Å². The highest BCUT2D eigenvalue weighted by molar-refractivity contribution is 5.92. The summed E-state index contributed by atoms with van der Waals surface area (Å²) in [6.45, 7) is 3.80. The van der Waals surface area contributed by atoms with E-state index in [1.165, 1.54) is 12.1 Å². The Labute approximate surface area is 282 Å². The van der Waals surface area contributed by atoms with Crippen LogP contribution in [0.25, 0.3) is 10.9 Å². The van der Waals surface area contributed by atoms with E-state index < -0.39 is 18.2 Å². The van der Waals surface area contributed by atoms with Crippen molar-refractivity contribution >= 4 is 22.9 Å². The summed E-state index contributed by atoms with van der Waals surface area (Å²) in [7, 11) is 1.74. The zero-order chi connectivity index (χ0) is 34.9. The van der Waals surface area contributed by atoms with Gasteiger partial charge < -0.3 is 40.6 Å². The van der Waals surface area contributed by atoms with Crippen LogP contribution in [0.2, 0.25) is 0 Å². The smallest absolute Gasteiger partial charge is 0.405 e. The van der Waals surface area contributed by atoms with Gasteiger partial charge in [-0.3, -0.25) is 14.3 Å². The number of rotatable bonds is 15. The fourth-order valence-electron chi connectivity index (χ4n) is 5.67. The number of nitrogens with one attached hydrogen (secondary N) is 3. The Morgan fingerprint density at radius 1 is 1.02 bits per heavy atom. The fourth-order valence-corrected chi connectivity index (χ4v) is 5.67. The number of aryl methyl sites for hydroxylation is 1. The number of aromatic amines is 1. The van der Waals surface area contributed by atoms with Crippen LogP contribution in [0.5, 0.6) is 11.5 Å². The van der Waals surface area contributed by atoms with E-state index in [-0.39, 0.29) is 35.9 Å². The third kappa shape index (κ3) is 8.63. The van der Waals surface area contributed by atoms with Gasteiger partial charge in [-0.1, -0.05) is 48.5 Å². The van der Waals surface area contributed by atoms with E-state index in [1.807, 2.05) is 43.3 Å². The van der Waals surface area contributed by atoms with Gasteiger partial charge in [-0.15, -0.1) is 0 Å². The summed E-state index contributed by atoms with van der Waals surface area (Å²) in [5.41, 5.74) is 3.03. The van der Waals surface area contributed by atoms with Crippen LogP contribution < -0.4 is 20.9 Å². The Kier molecular flexibility index (Phi) is 11.3. The summed E-state index contributed by atoms with van der Waals surface area (Å²) in [5.74, 6) is 0.269. The van der Waals surface area contributed by atoms with Crippen molar-refractivity contribution in [3.8, 4) is 11.5 Å². The van der Waals surface area contributed by atoms with Crippen molar-refractivity contribution in [3.05, 3.63) is 123 Å². The molecule has 49 heavy (non-hydrogen) atoms. The Balaban J connectivity index is 1.14. The topological polar surface area (TPSA) is 182 Å². The van der Waals surface area contributed by atoms with E-state index in [9.17, 15) is 29.7 Å². The summed E-state index contributed by atoms with van der Waals surface area (Å²) in [5, 5.41) is 41.1. The number of carbonyl (C=O) groups excluding carboxylic acids is 1. The van der Waals surface area contributed by atoms with Crippen LogP contribution in [0, 0.1) is 0 Å². The third-order valence-electron chi connectivity index (χ3n) is 8.23. The van der Waals surface area contributed by atoms with Gasteiger partial charge in [0, 0.05) is 38.1 Å². The first-order valence-corrected chi connectivity index (χ1v) is 16.0. The molecule has 0 saturated heterocycles. The molecule has 0 aliphatic heterocycles. The number of aliphatic hydroxyl groups excluding tert-OH is 1. The first kappa shape index (κ1) is 34.7. The lowest BCUT2D eigenvalue weighted by atomic mass is 9.99. The molecular formula is C36H40N6O7. The number of amides is 2. The molecule has 256 valence electrons. The molecule has 2 amide bonds. The number of ether oxygens (including phenoxy) is 1. The Morgan fingerprint density at radius 2 is 1.80 bits per heavy atom. The van der Waals surface area contributed by atoms with Gasteiger partial charge in [0.15, 0.2) is 5.69 Å². The number of aliphatic hydroxyl groups is 1. The summed E-state index contributed by atoms with van der Waals surface area (Å²) in [6.07, 6.45) is -1.37. The van der Waals surface area contributed by atoms with Crippen molar-refractivity contribution in [2.75, 3.05) is 26.2 Å². The number of H-pyrrole nitrogens is 1. The quantitative estimate of drug-likeness (QED) is 0.0896. The molecule has 2 atom stereocenters. The zero-order valence-corrected chi connectivity index (χ0v) is 27.3. The molecule has 0 bridgehead atoms. The largest absolute Gasteiger partial charge is 0.506 e. The van der Waals surface area contributed by atoms with Gasteiger partial charge in [0.05, 0.1) is 23.4 Å². The van der Waals surface area contributed by atoms with Crippen LogP contribution in [-0.2, 0) is 13.7 Å². The number of aromatic nitrogens is 3. The number of phenols is 1. The van der Waals surface area contributed by atoms with Crippen LogP contribution in [0.15, 0.2) is 89.7 Å². The second-order valence-electron chi connectivity index (χ2n) is 11.5. The highest BCUT2D eigenvalue weighted by Crippen LogP contribution is 2.29. The van der Waals surface area contributed by atoms with Gasteiger partial charge in [0.1, 0.15) is 18.1 Å². The molecule has 6 N–H and O–H groups in total. The molecule has 0 aliphatic carbocycles. The number of phenolic OH excluding ortho intramolecular Hbond substituents is 1. The maximum atomic E-state index is 13.3. The van der Waals surface area contributed by atoms with Gasteiger partial charge in [-0.25, -0.2) is 4.79 Å². The molecule has 0 aliphatic rings. The summed E-state index contributed by atoms with van der Waals surface area (Å²) < 4.78 is 7.65. The van der Waals surface area contributed by atoms with Crippen molar-refractivity contribution in [1.82, 2.24) is 30.3 Å². The van der Waals surface area contributed by atoms with Crippen molar-refractivity contribution in [1.29, 1.82) is 0 Å². The minimum absolute atomic E-state index is 0.0665. The predicted octanol–water partition coefficient (Wildman–Crippen LogP) is 4.08. The van der Waals surface area contributed by atoms with E-state index in [0.717, 1.165) is 11.1 Å². The van der Waals surface area contributed by atoms with E-state index in [4.69, 9.17) is 4.74 Å². The molecule has 0 unspecified atom stereocenters. The fraction of sp³-hybridized carbons (Fsp3) is 0.278. The molecule has 0 radical (unpaired) electrons. The molecular weight excluding hydrogens is 628 g/mol. The summed E-state index contributed by atoms with van der Waals surface area (Å²) in [4.78, 5) is 40.8. The van der Waals surface area contributed by atoms with Crippen molar-refractivity contribution in [3.63, 3.8) is 0 Å². The lowest BCUT2D eigenvalue weighted by Gasteiger charge is -2.20. The Morgan fingerprint density at radius 3 is 2.55 bits per heavy atom. The minimum Gasteiger partial charge on any atom is -0.506 e. The summed E-state index contributed by atoms with van der Waals surface area (Å²) in [6, 6.07) is 23.6. The monoisotopic (exact) mass is 668 g/mol. The van der Waals surface area contributed by atoms with Crippen molar-refractivity contribution in [2.24, 2.45) is 7.05 Å². The summed E-state index contributed by atoms with van der Waals surface area (Å²) >= 11 is 0. The molecule has 0 fully saturated rings. The molecule has 13 heteroatoms. The Hall–Kier alpha value is -5.66. The number of pyridine rings is 1. The number of hydrogen-bond acceptors (Lipinski definition) is 8. The molecule has 13 nitrogen and oxygen atoms in total. The molecule has 0 spiro atoms. The lowest BCUT2D eigenvalue weighted by molar-refractivity contribution is 0.0755. The number of benzene rings is 3. The molecule has 2 aromatic heterocycles. The van der Waals surface area contributed by atoms with Crippen LogP contribution in [0.4, 0.5) is 4.79 Å². The number of carbonyl (C=O) groups is 2. The zero-order valence-electron chi connectivity index (χ0n) is 27.3. The highest BCUT2D eigenvalue weighted by atomic mass is 16.5. The average Bonchev–Trinajstić information content (AvgIpc) is 3.48. The normalized spacial score (nSPS) is 12.4. The Bertz CT molecular complexity index is 1960. The average molecular weight is 669 g/mol. The number of carboxylic acid groups (broad SMARTS) is 1. The SMILES string of the molecule is CCN(CCCNC[C@H](O)c1ccc(O)c2[nH]c(=O)ccc12)C(=O)c1cc(COc2cccc([C@@H](NC(=O)O)c3ccccc3)c2)n(C)n1. The van der Waals surface area contributed by atoms with Crippen LogP contribution in [-0.4, -0.2) is 73.2 Å². The standard InChI is InChI=1S/C36H40N6O7/c1-3-42(18-8-17-37-21-31(44)27-13-15-30(43)34-28(27)14-16-32(45)38-34)35(46)29-20-25(41(2)40-29)22-49-26-12-7-11-24(19-26)33(39-36(47)48)23-9-5-4-6-10-23/h4-7,9-16,19-20,31,33,37,39,43-44H,3,8,17-18,21-22H2,1-2H3,(H,38,45)(H,47,48)/t31-,33-/m0/s1. The highest BCUT2D eigenvalue weighted by Gasteiger charge is 2.20.